The van der Waals surface area contributed by atoms with E-state index >= 15 is 0 Å². The Hall–Kier alpha value is -0.0800. The van der Waals surface area contributed by atoms with Crippen molar-refractivity contribution in [2.24, 2.45) is 5.73 Å². The predicted octanol–water partition coefficient (Wildman–Crippen LogP) is 1.40. The topological polar surface area (TPSA) is 38.0 Å². The highest BCUT2D eigenvalue weighted by Gasteiger charge is 2.42. The molecule has 0 saturated heterocycles. The third kappa shape index (κ3) is 1.50. The number of rotatable bonds is 4. The Morgan fingerprint density at radius 3 is 2.25 bits per heavy atom. The molecule has 3 N–H and O–H groups in total. The minimum absolute atomic E-state index is 0.178. The monoisotopic (exact) mass is 168 g/mol. The molecular weight excluding hydrogens is 148 g/mol. The lowest BCUT2D eigenvalue weighted by molar-refractivity contribution is 0.173. The Bertz CT molecular complexity index is 163. The van der Waals surface area contributed by atoms with Crippen molar-refractivity contribution in [1.29, 1.82) is 0 Å². The molecule has 0 unspecified atom stereocenters. The van der Waals surface area contributed by atoms with Gasteiger partial charge in [0.15, 0.2) is 0 Å². The number of hydrogen-bond acceptors (Lipinski definition) is 2. The summed E-state index contributed by atoms with van der Waals surface area (Å²) in [6.07, 6.45) is 7.83. The molecule has 0 aromatic heterocycles. The molecule has 0 bridgehead atoms. The third-order valence-corrected chi connectivity index (χ3v) is 3.70. The molecule has 0 spiro atoms. The first-order chi connectivity index (χ1) is 5.68. The van der Waals surface area contributed by atoms with Gasteiger partial charge in [0, 0.05) is 17.6 Å². The Morgan fingerprint density at radius 2 is 1.92 bits per heavy atom. The minimum atomic E-state index is 0.178. The van der Waals surface area contributed by atoms with Crippen LogP contribution in [0, 0.1) is 0 Å². The van der Waals surface area contributed by atoms with Gasteiger partial charge in [0.1, 0.15) is 0 Å². The Labute approximate surface area is 74.9 Å². The molecular formula is C10H20N2. The number of nitrogens with one attached hydrogen (secondary N) is 1. The van der Waals surface area contributed by atoms with Crippen molar-refractivity contribution >= 4 is 0 Å². The van der Waals surface area contributed by atoms with Gasteiger partial charge in [0.05, 0.1) is 0 Å². The van der Waals surface area contributed by atoms with E-state index in [1.165, 1.54) is 38.5 Å². The molecule has 70 valence electrons. The first-order valence-electron chi connectivity index (χ1n) is 5.22. The third-order valence-electron chi connectivity index (χ3n) is 3.70. The fourth-order valence-electron chi connectivity index (χ4n) is 1.96. The summed E-state index contributed by atoms with van der Waals surface area (Å²) in [6, 6.07) is 0. The van der Waals surface area contributed by atoms with E-state index in [-0.39, 0.29) is 5.54 Å². The van der Waals surface area contributed by atoms with Gasteiger partial charge >= 0.3 is 0 Å². The predicted molar refractivity (Wildman–Crippen MR) is 51.0 cm³/mol. The summed E-state index contributed by atoms with van der Waals surface area (Å²) in [5, 5.41) is 3.66. The number of nitrogens with two attached hydrogens (primary N) is 1. The van der Waals surface area contributed by atoms with Crippen LogP contribution in [0.4, 0.5) is 0 Å². The standard InChI is InChI=1S/C10H20N2/c1-2-10(4-3-5-10)12-8-9(11)6-7-9/h12H,2-8,11H2,1H3. The van der Waals surface area contributed by atoms with E-state index in [0.717, 1.165) is 6.54 Å². The van der Waals surface area contributed by atoms with Crippen LogP contribution >= 0.6 is 0 Å². The maximum absolute atomic E-state index is 6.02. The van der Waals surface area contributed by atoms with Crippen molar-refractivity contribution in [1.82, 2.24) is 5.32 Å². The van der Waals surface area contributed by atoms with Gasteiger partial charge in [-0.1, -0.05) is 6.92 Å². The van der Waals surface area contributed by atoms with E-state index in [1.807, 2.05) is 0 Å². The van der Waals surface area contributed by atoms with Crippen molar-refractivity contribution in [2.45, 2.75) is 56.5 Å². The SMILES string of the molecule is CCC1(NCC2(N)CC2)CCC1. The molecule has 2 rings (SSSR count). The normalized spacial score (nSPS) is 29.5. The average molecular weight is 168 g/mol. The lowest BCUT2D eigenvalue weighted by Gasteiger charge is -2.43. The quantitative estimate of drug-likeness (QED) is 0.666. The largest absolute Gasteiger partial charge is 0.324 e. The molecule has 2 fully saturated rings. The molecule has 2 heteroatoms. The van der Waals surface area contributed by atoms with Gasteiger partial charge in [-0.3, -0.25) is 0 Å². The molecule has 0 amide bonds. The van der Waals surface area contributed by atoms with E-state index in [1.54, 1.807) is 0 Å². The molecule has 2 nitrogen and oxygen atoms in total. The summed E-state index contributed by atoms with van der Waals surface area (Å²) in [5.41, 5.74) is 6.68. The van der Waals surface area contributed by atoms with E-state index < -0.39 is 0 Å². The molecule has 12 heavy (non-hydrogen) atoms. The maximum atomic E-state index is 6.02. The van der Waals surface area contributed by atoms with Crippen molar-refractivity contribution in [2.75, 3.05) is 6.54 Å². The van der Waals surface area contributed by atoms with Crippen LogP contribution in [0.25, 0.3) is 0 Å². The lowest BCUT2D eigenvalue weighted by Crippen LogP contribution is -2.54. The zero-order valence-electron chi connectivity index (χ0n) is 8.03. The van der Waals surface area contributed by atoms with Crippen LogP contribution in [0.15, 0.2) is 0 Å². The highest BCUT2D eigenvalue weighted by atomic mass is 15.0. The summed E-state index contributed by atoms with van der Waals surface area (Å²) < 4.78 is 0. The Morgan fingerprint density at radius 1 is 1.25 bits per heavy atom. The van der Waals surface area contributed by atoms with Crippen LogP contribution in [-0.2, 0) is 0 Å². The van der Waals surface area contributed by atoms with Crippen LogP contribution in [0.5, 0.6) is 0 Å². The molecule has 0 aliphatic heterocycles. The molecule has 2 aliphatic rings. The van der Waals surface area contributed by atoms with Crippen LogP contribution in [0.3, 0.4) is 0 Å². The second kappa shape index (κ2) is 2.71. The summed E-state index contributed by atoms with van der Waals surface area (Å²) in [5.74, 6) is 0. The van der Waals surface area contributed by atoms with Gasteiger partial charge in [0.2, 0.25) is 0 Å². The number of hydrogen-bond donors (Lipinski definition) is 2. The zero-order chi connectivity index (χ0) is 8.66. The van der Waals surface area contributed by atoms with Crippen LogP contribution < -0.4 is 11.1 Å². The summed E-state index contributed by atoms with van der Waals surface area (Å²) in [7, 11) is 0. The second-order valence-corrected chi connectivity index (χ2v) is 4.70. The zero-order valence-corrected chi connectivity index (χ0v) is 8.03. The van der Waals surface area contributed by atoms with Crippen LogP contribution in [-0.4, -0.2) is 17.6 Å². The summed E-state index contributed by atoms with van der Waals surface area (Å²) in [4.78, 5) is 0. The molecule has 0 radical (unpaired) electrons. The summed E-state index contributed by atoms with van der Waals surface area (Å²) >= 11 is 0. The fraction of sp³-hybridized carbons (Fsp3) is 1.00. The van der Waals surface area contributed by atoms with Gasteiger partial charge < -0.3 is 11.1 Å². The minimum Gasteiger partial charge on any atom is -0.324 e. The maximum Gasteiger partial charge on any atom is 0.0282 e. The van der Waals surface area contributed by atoms with Crippen molar-refractivity contribution in [3.05, 3.63) is 0 Å². The Balaban J connectivity index is 1.77. The Kier molecular flexibility index (Phi) is 1.92. The van der Waals surface area contributed by atoms with E-state index in [4.69, 9.17) is 5.73 Å². The van der Waals surface area contributed by atoms with Crippen LogP contribution in [0.2, 0.25) is 0 Å². The van der Waals surface area contributed by atoms with Gasteiger partial charge in [-0.2, -0.15) is 0 Å². The van der Waals surface area contributed by atoms with Gasteiger partial charge in [-0.05, 0) is 38.5 Å². The average Bonchev–Trinajstić information content (AvgIpc) is 2.68. The van der Waals surface area contributed by atoms with Crippen molar-refractivity contribution < 1.29 is 0 Å². The van der Waals surface area contributed by atoms with Gasteiger partial charge in [-0.25, -0.2) is 0 Å². The highest BCUT2D eigenvalue weighted by molar-refractivity contribution is 5.04. The van der Waals surface area contributed by atoms with Gasteiger partial charge in [-0.15, -0.1) is 0 Å². The molecule has 0 aromatic carbocycles. The molecule has 2 aliphatic carbocycles. The van der Waals surface area contributed by atoms with E-state index in [0.29, 0.717) is 5.54 Å². The van der Waals surface area contributed by atoms with Crippen LogP contribution in [0.1, 0.15) is 45.4 Å². The fourth-order valence-corrected chi connectivity index (χ4v) is 1.96. The molecule has 2 saturated carbocycles. The highest BCUT2D eigenvalue weighted by Crippen LogP contribution is 2.37. The van der Waals surface area contributed by atoms with Crippen molar-refractivity contribution in [3.8, 4) is 0 Å². The molecule has 0 aromatic rings. The summed E-state index contributed by atoms with van der Waals surface area (Å²) in [6.45, 7) is 3.32. The second-order valence-electron chi connectivity index (χ2n) is 4.70. The van der Waals surface area contributed by atoms with Crippen molar-refractivity contribution in [3.63, 3.8) is 0 Å². The van der Waals surface area contributed by atoms with E-state index in [9.17, 15) is 0 Å². The molecule has 0 heterocycles. The van der Waals surface area contributed by atoms with E-state index in [2.05, 4.69) is 12.2 Å². The first-order valence-corrected chi connectivity index (χ1v) is 5.22. The lowest BCUT2D eigenvalue weighted by atomic mass is 9.75. The molecule has 0 atom stereocenters. The van der Waals surface area contributed by atoms with Gasteiger partial charge in [0.25, 0.3) is 0 Å². The first kappa shape index (κ1) is 8.52. The smallest absolute Gasteiger partial charge is 0.0282 e.